The average molecular weight is 389 g/mol. The number of ether oxygens (including phenoxy) is 3. The highest BCUT2D eigenvalue weighted by molar-refractivity contribution is 5.92. The summed E-state index contributed by atoms with van der Waals surface area (Å²) in [5.74, 6) is 1.49. The van der Waals surface area contributed by atoms with E-state index in [1.54, 1.807) is 20.3 Å². The Labute approximate surface area is 168 Å². The number of hydrogen-bond donors (Lipinski definition) is 0. The third-order valence-electron chi connectivity index (χ3n) is 5.42. The lowest BCUT2D eigenvalue weighted by Crippen LogP contribution is -2.50. The highest BCUT2D eigenvalue weighted by Crippen LogP contribution is 2.24. The second-order valence-corrected chi connectivity index (χ2v) is 7.78. The Morgan fingerprint density at radius 2 is 1.79 bits per heavy atom. The lowest BCUT2D eigenvalue weighted by molar-refractivity contribution is -0.127. The number of likely N-dealkylation sites (tertiary alicyclic amines) is 1. The Kier molecular flexibility index (Phi) is 6.97. The number of rotatable bonds is 6. The minimum atomic E-state index is 0.0682. The molecular formula is C22H32N2O4. The molecule has 2 aliphatic rings. The quantitative estimate of drug-likeness (QED) is 0.702. The van der Waals surface area contributed by atoms with Crippen LogP contribution in [0.25, 0.3) is 6.08 Å². The maximum Gasteiger partial charge on any atom is 0.246 e. The molecule has 154 valence electrons. The van der Waals surface area contributed by atoms with E-state index < -0.39 is 0 Å². The van der Waals surface area contributed by atoms with Crippen LogP contribution in [0.4, 0.5) is 0 Å². The van der Waals surface area contributed by atoms with E-state index in [1.165, 1.54) is 0 Å². The van der Waals surface area contributed by atoms with E-state index in [2.05, 4.69) is 18.7 Å². The van der Waals surface area contributed by atoms with E-state index in [1.807, 2.05) is 29.2 Å². The molecule has 0 radical (unpaired) electrons. The number of methoxy groups -OCH3 is 2. The molecule has 2 heterocycles. The van der Waals surface area contributed by atoms with Crippen LogP contribution in [0, 0.1) is 0 Å². The molecule has 1 aromatic carbocycles. The van der Waals surface area contributed by atoms with Gasteiger partial charge < -0.3 is 19.1 Å². The van der Waals surface area contributed by atoms with Crippen molar-refractivity contribution in [3.63, 3.8) is 0 Å². The van der Waals surface area contributed by atoms with Gasteiger partial charge in [-0.15, -0.1) is 0 Å². The van der Waals surface area contributed by atoms with Gasteiger partial charge in [-0.1, -0.05) is 0 Å². The van der Waals surface area contributed by atoms with E-state index in [9.17, 15) is 4.79 Å². The van der Waals surface area contributed by atoms with Crippen molar-refractivity contribution < 1.29 is 19.0 Å². The lowest BCUT2D eigenvalue weighted by atomic mass is 10.1. The Hall–Kier alpha value is -2.05. The van der Waals surface area contributed by atoms with E-state index in [0.717, 1.165) is 44.6 Å². The molecule has 6 heteroatoms. The predicted molar refractivity (Wildman–Crippen MR) is 110 cm³/mol. The Morgan fingerprint density at radius 3 is 2.39 bits per heavy atom. The summed E-state index contributed by atoms with van der Waals surface area (Å²) in [6.07, 6.45) is 6.12. The molecule has 6 nitrogen and oxygen atoms in total. The van der Waals surface area contributed by atoms with Crippen LogP contribution in [0.2, 0.25) is 0 Å². The van der Waals surface area contributed by atoms with Gasteiger partial charge in [-0.25, -0.2) is 0 Å². The normalized spacial score (nSPS) is 26.0. The number of carbonyl (C=O) groups is 1. The van der Waals surface area contributed by atoms with Crippen molar-refractivity contribution in [1.29, 1.82) is 0 Å². The molecule has 1 aromatic rings. The highest BCUT2D eigenvalue weighted by Gasteiger charge is 2.31. The molecule has 2 saturated heterocycles. The fraction of sp³-hybridized carbons (Fsp3) is 0.591. The fourth-order valence-corrected chi connectivity index (χ4v) is 4.24. The van der Waals surface area contributed by atoms with Crippen molar-refractivity contribution in [1.82, 2.24) is 9.80 Å². The van der Waals surface area contributed by atoms with Crippen LogP contribution in [0.15, 0.2) is 24.3 Å². The smallest absolute Gasteiger partial charge is 0.246 e. The molecule has 2 aliphatic heterocycles. The molecule has 28 heavy (non-hydrogen) atoms. The van der Waals surface area contributed by atoms with Gasteiger partial charge in [-0.05, 0) is 50.5 Å². The number of nitrogens with zero attached hydrogens (tertiary/aromatic N) is 2. The van der Waals surface area contributed by atoms with Crippen molar-refractivity contribution in [2.75, 3.05) is 40.4 Å². The zero-order valence-electron chi connectivity index (χ0n) is 17.4. The van der Waals surface area contributed by atoms with E-state index in [0.29, 0.717) is 11.5 Å². The second-order valence-electron chi connectivity index (χ2n) is 7.78. The standard InChI is InChI=1S/C22H32N2O4/c1-16-13-23(14-17(2)28-16)15-19-6-5-9-24(19)22(25)8-7-18-10-20(26-3)12-21(11-18)27-4/h7-8,10-12,16-17,19H,5-6,9,13-15H2,1-4H3/b8-7+. The highest BCUT2D eigenvalue weighted by atomic mass is 16.5. The molecule has 1 amide bonds. The zero-order valence-corrected chi connectivity index (χ0v) is 17.4. The lowest BCUT2D eigenvalue weighted by Gasteiger charge is -2.38. The number of benzene rings is 1. The SMILES string of the molecule is COc1cc(/C=C/C(=O)N2CCCC2CN2CC(C)OC(C)C2)cc(OC)c1. The van der Waals surface area contributed by atoms with Crippen LogP contribution < -0.4 is 9.47 Å². The molecule has 0 saturated carbocycles. The van der Waals surface area contributed by atoms with Gasteiger partial charge in [0.1, 0.15) is 11.5 Å². The summed E-state index contributed by atoms with van der Waals surface area (Å²) in [5.41, 5.74) is 0.885. The summed E-state index contributed by atoms with van der Waals surface area (Å²) in [4.78, 5) is 17.3. The van der Waals surface area contributed by atoms with Gasteiger partial charge in [0, 0.05) is 44.4 Å². The summed E-state index contributed by atoms with van der Waals surface area (Å²) in [6, 6.07) is 5.88. The Balaban J connectivity index is 1.63. The van der Waals surface area contributed by atoms with Crippen LogP contribution in [0.3, 0.4) is 0 Å². The fourth-order valence-electron chi connectivity index (χ4n) is 4.24. The van der Waals surface area contributed by atoms with E-state index in [4.69, 9.17) is 14.2 Å². The number of morpholine rings is 1. The third kappa shape index (κ3) is 5.26. The zero-order chi connectivity index (χ0) is 20.1. The first kappa shape index (κ1) is 20.7. The van der Waals surface area contributed by atoms with E-state index >= 15 is 0 Å². The van der Waals surface area contributed by atoms with Crippen molar-refractivity contribution in [3.8, 4) is 11.5 Å². The minimum absolute atomic E-state index is 0.0682. The van der Waals surface area contributed by atoms with Crippen LogP contribution >= 0.6 is 0 Å². The maximum atomic E-state index is 12.8. The first-order valence-corrected chi connectivity index (χ1v) is 10.1. The second kappa shape index (κ2) is 9.43. The molecule has 0 aromatic heterocycles. The molecule has 3 atom stereocenters. The number of hydrogen-bond acceptors (Lipinski definition) is 5. The predicted octanol–water partition coefficient (Wildman–Crippen LogP) is 2.82. The maximum absolute atomic E-state index is 12.8. The van der Waals surface area contributed by atoms with E-state index in [-0.39, 0.29) is 24.2 Å². The van der Waals surface area contributed by atoms with Gasteiger partial charge in [0.05, 0.1) is 26.4 Å². The van der Waals surface area contributed by atoms with Gasteiger partial charge in [-0.3, -0.25) is 9.69 Å². The average Bonchev–Trinajstić information content (AvgIpc) is 3.13. The summed E-state index contributed by atoms with van der Waals surface area (Å²) < 4.78 is 16.4. The molecule has 0 spiro atoms. The Morgan fingerprint density at radius 1 is 1.14 bits per heavy atom. The summed E-state index contributed by atoms with van der Waals surface area (Å²) in [7, 11) is 3.24. The van der Waals surface area contributed by atoms with Gasteiger partial charge >= 0.3 is 0 Å². The van der Waals surface area contributed by atoms with Gasteiger partial charge in [0.15, 0.2) is 0 Å². The Bertz CT molecular complexity index is 674. The van der Waals surface area contributed by atoms with Gasteiger partial charge in [0.2, 0.25) is 5.91 Å². The first-order chi connectivity index (χ1) is 13.5. The number of amides is 1. The largest absolute Gasteiger partial charge is 0.497 e. The molecule has 3 unspecified atom stereocenters. The molecule has 0 bridgehead atoms. The number of carbonyl (C=O) groups excluding carboxylic acids is 1. The molecule has 3 rings (SSSR count). The topological polar surface area (TPSA) is 51.2 Å². The minimum Gasteiger partial charge on any atom is -0.497 e. The van der Waals surface area contributed by atoms with Gasteiger partial charge in [0.25, 0.3) is 0 Å². The van der Waals surface area contributed by atoms with Crippen LogP contribution in [-0.2, 0) is 9.53 Å². The van der Waals surface area contributed by atoms with Crippen LogP contribution in [-0.4, -0.2) is 74.4 Å². The molecule has 0 aliphatic carbocycles. The summed E-state index contributed by atoms with van der Waals surface area (Å²) in [6.45, 7) is 7.84. The molecule has 2 fully saturated rings. The third-order valence-corrected chi connectivity index (χ3v) is 5.42. The van der Waals surface area contributed by atoms with Crippen molar-refractivity contribution in [2.24, 2.45) is 0 Å². The van der Waals surface area contributed by atoms with Crippen molar-refractivity contribution >= 4 is 12.0 Å². The van der Waals surface area contributed by atoms with Crippen LogP contribution in [0.1, 0.15) is 32.3 Å². The van der Waals surface area contributed by atoms with Crippen molar-refractivity contribution in [2.45, 2.75) is 44.9 Å². The summed E-state index contributed by atoms with van der Waals surface area (Å²) in [5, 5.41) is 0. The van der Waals surface area contributed by atoms with Crippen LogP contribution in [0.5, 0.6) is 11.5 Å². The molecule has 0 N–H and O–H groups in total. The monoisotopic (exact) mass is 388 g/mol. The van der Waals surface area contributed by atoms with Crippen molar-refractivity contribution in [3.05, 3.63) is 29.8 Å². The molecular weight excluding hydrogens is 356 g/mol. The first-order valence-electron chi connectivity index (χ1n) is 10.1. The summed E-state index contributed by atoms with van der Waals surface area (Å²) >= 11 is 0. The van der Waals surface area contributed by atoms with Gasteiger partial charge in [-0.2, -0.15) is 0 Å².